The van der Waals surface area contributed by atoms with Crippen LogP contribution in [0.25, 0.3) is 11.1 Å². The Morgan fingerprint density at radius 1 is 0.914 bits per heavy atom. The lowest BCUT2D eigenvalue weighted by molar-refractivity contribution is 0.0727. The van der Waals surface area contributed by atoms with Crippen molar-refractivity contribution in [2.45, 2.75) is 64.1 Å². The van der Waals surface area contributed by atoms with Crippen LogP contribution in [0.4, 0.5) is 13.2 Å². The van der Waals surface area contributed by atoms with Crippen LogP contribution in [-0.2, 0) is 6.61 Å². The highest BCUT2D eigenvalue weighted by atomic mass is 19.2. The Hall–Kier alpha value is -2.99. The van der Waals surface area contributed by atoms with E-state index in [4.69, 9.17) is 4.74 Å². The van der Waals surface area contributed by atoms with E-state index in [9.17, 15) is 14.6 Å². The van der Waals surface area contributed by atoms with Gasteiger partial charge in [-0.25, -0.2) is 13.2 Å². The number of aromatic hydroxyl groups is 1. The summed E-state index contributed by atoms with van der Waals surface area (Å²) in [5.74, 6) is -2.36. The van der Waals surface area contributed by atoms with E-state index in [-0.39, 0.29) is 35.9 Å². The van der Waals surface area contributed by atoms with Gasteiger partial charge >= 0.3 is 0 Å². The smallest absolute Gasteiger partial charge is 0.168 e. The molecule has 0 saturated heterocycles. The third-order valence-electron chi connectivity index (χ3n) is 7.04. The Balaban J connectivity index is 1.41. The molecule has 6 heteroatoms. The molecule has 1 saturated carbocycles. The van der Waals surface area contributed by atoms with E-state index < -0.39 is 23.2 Å². The second-order valence-electron chi connectivity index (χ2n) is 9.40. The number of aliphatic hydroxyl groups excluding tert-OH is 1. The summed E-state index contributed by atoms with van der Waals surface area (Å²) in [6.45, 7) is 2.21. The van der Waals surface area contributed by atoms with Gasteiger partial charge in [-0.3, -0.25) is 0 Å². The van der Waals surface area contributed by atoms with Crippen molar-refractivity contribution >= 4 is 0 Å². The zero-order valence-electron chi connectivity index (χ0n) is 19.8. The van der Waals surface area contributed by atoms with Gasteiger partial charge in [0, 0.05) is 11.6 Å². The predicted molar refractivity (Wildman–Crippen MR) is 130 cm³/mol. The first kappa shape index (κ1) is 25.1. The third kappa shape index (κ3) is 5.81. The van der Waals surface area contributed by atoms with Crippen LogP contribution in [0.5, 0.6) is 11.5 Å². The zero-order valence-corrected chi connectivity index (χ0v) is 19.8. The molecule has 1 aliphatic rings. The van der Waals surface area contributed by atoms with Crippen molar-refractivity contribution in [3.05, 3.63) is 83.2 Å². The SMILES string of the molecule is CCCC(O)C1CCC(c2ccc(-c3ccc(COc4ccc(O)c(F)c4)cc3)c(F)c2F)CC1. The van der Waals surface area contributed by atoms with E-state index >= 15 is 8.78 Å². The van der Waals surface area contributed by atoms with Crippen LogP contribution >= 0.6 is 0 Å². The van der Waals surface area contributed by atoms with E-state index in [0.717, 1.165) is 50.2 Å². The maximum Gasteiger partial charge on any atom is 0.168 e. The first-order valence-electron chi connectivity index (χ1n) is 12.2. The van der Waals surface area contributed by atoms with Gasteiger partial charge in [0.15, 0.2) is 23.2 Å². The Labute approximate surface area is 204 Å². The van der Waals surface area contributed by atoms with Gasteiger partial charge in [0.1, 0.15) is 12.4 Å². The van der Waals surface area contributed by atoms with Gasteiger partial charge in [0.05, 0.1) is 6.10 Å². The first-order chi connectivity index (χ1) is 16.9. The van der Waals surface area contributed by atoms with E-state index in [0.29, 0.717) is 11.1 Å². The monoisotopic (exact) mass is 484 g/mol. The molecule has 3 aromatic carbocycles. The molecule has 1 fully saturated rings. The molecule has 2 N–H and O–H groups in total. The maximum atomic E-state index is 15.1. The number of halogens is 3. The lowest BCUT2D eigenvalue weighted by Crippen LogP contribution is -2.25. The molecule has 35 heavy (non-hydrogen) atoms. The van der Waals surface area contributed by atoms with Crippen molar-refractivity contribution in [2.75, 3.05) is 0 Å². The summed E-state index contributed by atoms with van der Waals surface area (Å²) in [6.07, 6.45) is 4.58. The highest BCUT2D eigenvalue weighted by molar-refractivity contribution is 5.65. The molecule has 0 aliphatic heterocycles. The fourth-order valence-corrected chi connectivity index (χ4v) is 4.97. The molecule has 1 unspecified atom stereocenters. The molecule has 0 bridgehead atoms. The Kier molecular flexibility index (Phi) is 8.01. The summed E-state index contributed by atoms with van der Waals surface area (Å²) in [5.41, 5.74) is 1.95. The number of phenols is 1. The van der Waals surface area contributed by atoms with Gasteiger partial charge in [-0.1, -0.05) is 49.7 Å². The molecular formula is C29H31F3O3. The van der Waals surface area contributed by atoms with Crippen molar-refractivity contribution < 1.29 is 28.1 Å². The number of hydrogen-bond acceptors (Lipinski definition) is 3. The van der Waals surface area contributed by atoms with Gasteiger partial charge in [-0.15, -0.1) is 0 Å². The molecule has 1 aliphatic carbocycles. The van der Waals surface area contributed by atoms with Crippen LogP contribution in [0.1, 0.15) is 62.5 Å². The highest BCUT2D eigenvalue weighted by Gasteiger charge is 2.29. The topological polar surface area (TPSA) is 49.7 Å². The van der Waals surface area contributed by atoms with Crippen LogP contribution in [0.3, 0.4) is 0 Å². The number of aliphatic hydroxyl groups is 1. The lowest BCUT2D eigenvalue weighted by Gasteiger charge is -2.32. The molecule has 0 radical (unpaired) electrons. The van der Waals surface area contributed by atoms with Crippen LogP contribution in [-0.4, -0.2) is 16.3 Å². The number of ether oxygens (including phenoxy) is 1. The van der Waals surface area contributed by atoms with Gasteiger partial charge in [0.2, 0.25) is 0 Å². The van der Waals surface area contributed by atoms with E-state index in [1.807, 2.05) is 0 Å². The zero-order chi connectivity index (χ0) is 24.9. The van der Waals surface area contributed by atoms with Crippen LogP contribution in [0.15, 0.2) is 54.6 Å². The summed E-state index contributed by atoms with van der Waals surface area (Å²) in [6, 6.07) is 14.0. The second kappa shape index (κ2) is 11.2. The predicted octanol–water partition coefficient (Wildman–Crippen LogP) is 7.49. The van der Waals surface area contributed by atoms with Crippen molar-refractivity contribution in [2.24, 2.45) is 5.92 Å². The molecular weight excluding hydrogens is 453 g/mol. The third-order valence-corrected chi connectivity index (χ3v) is 7.04. The second-order valence-corrected chi connectivity index (χ2v) is 9.40. The van der Waals surface area contributed by atoms with Crippen molar-refractivity contribution in [1.29, 1.82) is 0 Å². The van der Waals surface area contributed by atoms with Crippen LogP contribution in [0, 0.1) is 23.4 Å². The summed E-state index contributed by atoms with van der Waals surface area (Å²) in [4.78, 5) is 0. The van der Waals surface area contributed by atoms with Gasteiger partial charge in [-0.2, -0.15) is 0 Å². The maximum absolute atomic E-state index is 15.1. The largest absolute Gasteiger partial charge is 0.505 e. The summed E-state index contributed by atoms with van der Waals surface area (Å²) in [7, 11) is 0. The molecule has 3 nitrogen and oxygen atoms in total. The lowest BCUT2D eigenvalue weighted by atomic mass is 9.75. The minimum absolute atomic E-state index is 0.0344. The first-order valence-corrected chi connectivity index (χ1v) is 12.2. The van der Waals surface area contributed by atoms with E-state index in [1.54, 1.807) is 36.4 Å². The Morgan fingerprint density at radius 3 is 2.29 bits per heavy atom. The molecule has 186 valence electrons. The number of hydrogen-bond donors (Lipinski definition) is 2. The van der Waals surface area contributed by atoms with E-state index in [2.05, 4.69) is 6.92 Å². The Bertz CT molecular complexity index is 1140. The van der Waals surface area contributed by atoms with Gasteiger partial charge in [-0.05, 0) is 72.8 Å². The average molecular weight is 485 g/mol. The number of rotatable bonds is 8. The van der Waals surface area contributed by atoms with E-state index in [1.165, 1.54) is 12.1 Å². The quantitative estimate of drug-likeness (QED) is 0.348. The molecule has 4 rings (SSSR count). The standard InChI is InChI=1S/C29H31F3O3/c1-2-3-26(33)21-10-8-20(9-11-21)24-14-13-23(28(31)29(24)32)19-6-4-18(5-7-19)17-35-22-12-15-27(34)25(30)16-22/h4-7,12-16,20-21,26,33-34H,2-3,8-11,17H2,1H3. The molecule has 1 atom stereocenters. The van der Waals surface area contributed by atoms with Gasteiger partial charge < -0.3 is 14.9 Å². The van der Waals surface area contributed by atoms with Gasteiger partial charge in [0.25, 0.3) is 0 Å². The summed E-state index contributed by atoms with van der Waals surface area (Å²) < 4.78 is 49.1. The molecule has 0 amide bonds. The minimum Gasteiger partial charge on any atom is -0.505 e. The fourth-order valence-electron chi connectivity index (χ4n) is 4.97. The molecule has 0 heterocycles. The molecule has 3 aromatic rings. The van der Waals surface area contributed by atoms with Crippen LogP contribution < -0.4 is 4.74 Å². The number of phenolic OH excluding ortho intramolecular Hbond substituents is 1. The number of benzene rings is 3. The molecule has 0 spiro atoms. The van der Waals surface area contributed by atoms with Crippen molar-refractivity contribution in [1.82, 2.24) is 0 Å². The van der Waals surface area contributed by atoms with Crippen molar-refractivity contribution in [3.63, 3.8) is 0 Å². The van der Waals surface area contributed by atoms with Crippen LogP contribution in [0.2, 0.25) is 0 Å². The fraction of sp³-hybridized carbons (Fsp3) is 0.379. The average Bonchev–Trinajstić information content (AvgIpc) is 2.87. The summed E-state index contributed by atoms with van der Waals surface area (Å²) in [5, 5.41) is 19.5. The molecule has 0 aromatic heterocycles. The normalized spacial score (nSPS) is 18.9. The highest BCUT2D eigenvalue weighted by Crippen LogP contribution is 2.40. The Morgan fingerprint density at radius 2 is 1.63 bits per heavy atom. The minimum atomic E-state index is -0.848. The summed E-state index contributed by atoms with van der Waals surface area (Å²) >= 11 is 0. The van der Waals surface area contributed by atoms with Crippen molar-refractivity contribution in [3.8, 4) is 22.6 Å².